The number of hydrogen-bond donors (Lipinski definition) is 1. The Morgan fingerprint density at radius 3 is 2.74 bits per heavy atom. The van der Waals surface area contributed by atoms with E-state index in [0.717, 1.165) is 23.4 Å². The molecule has 3 heterocycles. The van der Waals surface area contributed by atoms with Crippen molar-refractivity contribution in [2.24, 2.45) is 5.92 Å². The summed E-state index contributed by atoms with van der Waals surface area (Å²) in [5.41, 5.74) is 2.83. The first kappa shape index (κ1) is 15.5. The molecular weight excluding hydrogens is 292 g/mol. The van der Waals surface area contributed by atoms with E-state index in [4.69, 9.17) is 0 Å². The Morgan fingerprint density at radius 1 is 1.39 bits per heavy atom. The van der Waals surface area contributed by atoms with Crippen molar-refractivity contribution >= 4 is 17.5 Å². The van der Waals surface area contributed by atoms with Crippen molar-refractivity contribution in [1.82, 2.24) is 19.7 Å². The number of nitrogens with zero attached hydrogens (tertiary/aromatic N) is 5. The van der Waals surface area contributed by atoms with Crippen LogP contribution in [0, 0.1) is 12.8 Å². The molecule has 0 radical (unpaired) electrons. The number of aromatic nitrogens is 4. The zero-order valence-electron chi connectivity index (χ0n) is 13.9. The van der Waals surface area contributed by atoms with Crippen molar-refractivity contribution < 1.29 is 4.79 Å². The van der Waals surface area contributed by atoms with Crippen LogP contribution in [0.2, 0.25) is 0 Å². The summed E-state index contributed by atoms with van der Waals surface area (Å²) in [6.07, 6.45) is 6.40. The normalized spacial score (nSPS) is 19.2. The van der Waals surface area contributed by atoms with Crippen molar-refractivity contribution in [3.63, 3.8) is 0 Å². The third kappa shape index (κ3) is 2.78. The first-order valence-corrected chi connectivity index (χ1v) is 7.88. The number of aryl methyl sites for hydroxylation is 1. The van der Waals surface area contributed by atoms with Gasteiger partial charge in [0.25, 0.3) is 0 Å². The monoisotopic (exact) mass is 314 g/mol. The van der Waals surface area contributed by atoms with Crippen molar-refractivity contribution in [1.29, 1.82) is 0 Å². The van der Waals surface area contributed by atoms with Gasteiger partial charge in [0.1, 0.15) is 0 Å². The van der Waals surface area contributed by atoms with Crippen LogP contribution in [-0.4, -0.2) is 39.2 Å². The number of amides is 1. The molecule has 2 atom stereocenters. The fourth-order valence-corrected chi connectivity index (χ4v) is 2.85. The molecule has 2 aromatic rings. The van der Waals surface area contributed by atoms with E-state index < -0.39 is 0 Å². The lowest BCUT2D eigenvalue weighted by atomic mass is 10.1. The summed E-state index contributed by atoms with van der Waals surface area (Å²) in [6.45, 7) is 6.64. The Kier molecular flexibility index (Phi) is 4.02. The van der Waals surface area contributed by atoms with Crippen molar-refractivity contribution in [3.05, 3.63) is 29.8 Å². The Balaban J connectivity index is 1.86. The molecule has 0 bridgehead atoms. The van der Waals surface area contributed by atoms with Crippen LogP contribution >= 0.6 is 0 Å². The number of rotatable bonds is 4. The van der Waals surface area contributed by atoms with E-state index in [-0.39, 0.29) is 17.9 Å². The smallest absolute Gasteiger partial charge is 0.232 e. The minimum absolute atomic E-state index is 0.0272. The minimum Gasteiger partial charge on any atom is -0.386 e. The molecule has 1 fully saturated rings. The highest BCUT2D eigenvalue weighted by Gasteiger charge is 2.31. The van der Waals surface area contributed by atoms with E-state index in [0.29, 0.717) is 12.5 Å². The zero-order chi connectivity index (χ0) is 16.6. The predicted octanol–water partition coefficient (Wildman–Crippen LogP) is 2.01. The minimum atomic E-state index is 0.0272. The molecule has 1 aliphatic heterocycles. The molecule has 0 aromatic carbocycles. The van der Waals surface area contributed by atoms with Crippen LogP contribution in [0.3, 0.4) is 0 Å². The molecule has 23 heavy (non-hydrogen) atoms. The van der Waals surface area contributed by atoms with Crippen LogP contribution in [0.1, 0.15) is 37.6 Å². The van der Waals surface area contributed by atoms with Crippen LogP contribution in [0.15, 0.2) is 18.6 Å². The van der Waals surface area contributed by atoms with Gasteiger partial charge in [0.15, 0.2) is 0 Å². The molecule has 0 aliphatic carbocycles. The molecule has 1 N–H and O–H groups in total. The average Bonchev–Trinajstić information content (AvgIpc) is 3.14. The summed E-state index contributed by atoms with van der Waals surface area (Å²) < 4.78 is 1.88. The van der Waals surface area contributed by atoms with Crippen LogP contribution < -0.4 is 10.2 Å². The maximum Gasteiger partial charge on any atom is 0.232 e. The molecule has 0 spiro atoms. The second-order valence-electron chi connectivity index (χ2n) is 6.03. The molecule has 2 aromatic heterocycles. The largest absolute Gasteiger partial charge is 0.386 e. The van der Waals surface area contributed by atoms with Gasteiger partial charge in [-0.1, -0.05) is 6.92 Å². The maximum atomic E-state index is 12.1. The van der Waals surface area contributed by atoms with Gasteiger partial charge in [0, 0.05) is 43.2 Å². The van der Waals surface area contributed by atoms with E-state index in [1.807, 2.05) is 31.8 Å². The van der Waals surface area contributed by atoms with Gasteiger partial charge >= 0.3 is 0 Å². The standard InChI is InChI=1S/C16H22N6O/c1-10-5-6-21(15(10)23)16-18-8-14(11(2)20-16)12(3)22-9-13(17-4)7-19-22/h7-10,12,17H,5-6H2,1-4H3/t10-,12?/m1/s1. The third-order valence-corrected chi connectivity index (χ3v) is 4.46. The number of hydrogen-bond acceptors (Lipinski definition) is 5. The SMILES string of the molecule is CNc1cnn(C(C)c2cnc(N3CC[C@@H](C)C3=O)nc2C)c1. The van der Waals surface area contributed by atoms with Crippen molar-refractivity contribution in [3.8, 4) is 0 Å². The van der Waals surface area contributed by atoms with E-state index in [2.05, 4.69) is 27.3 Å². The maximum absolute atomic E-state index is 12.1. The number of nitrogens with one attached hydrogen (secondary N) is 1. The van der Waals surface area contributed by atoms with Crippen LogP contribution in [0.25, 0.3) is 0 Å². The Labute approximate surface area is 135 Å². The quantitative estimate of drug-likeness (QED) is 0.934. The lowest BCUT2D eigenvalue weighted by molar-refractivity contribution is -0.119. The highest BCUT2D eigenvalue weighted by Crippen LogP contribution is 2.25. The lowest BCUT2D eigenvalue weighted by Gasteiger charge is -2.18. The van der Waals surface area contributed by atoms with Crippen LogP contribution in [0.5, 0.6) is 0 Å². The summed E-state index contributed by atoms with van der Waals surface area (Å²) in [4.78, 5) is 22.8. The number of carbonyl (C=O) groups excluding carboxylic acids is 1. The van der Waals surface area contributed by atoms with Crippen molar-refractivity contribution in [2.45, 2.75) is 33.2 Å². The first-order valence-electron chi connectivity index (χ1n) is 7.88. The average molecular weight is 314 g/mol. The molecule has 1 aliphatic rings. The second-order valence-corrected chi connectivity index (χ2v) is 6.03. The Morgan fingerprint density at radius 2 is 2.17 bits per heavy atom. The fraction of sp³-hybridized carbons (Fsp3) is 0.500. The van der Waals surface area contributed by atoms with E-state index in [1.165, 1.54) is 0 Å². The second kappa shape index (κ2) is 5.98. The predicted molar refractivity (Wildman–Crippen MR) is 88.5 cm³/mol. The van der Waals surface area contributed by atoms with E-state index in [9.17, 15) is 4.79 Å². The van der Waals surface area contributed by atoms with Crippen LogP contribution in [-0.2, 0) is 4.79 Å². The number of carbonyl (C=O) groups is 1. The fourth-order valence-electron chi connectivity index (χ4n) is 2.85. The van der Waals surface area contributed by atoms with Gasteiger partial charge in [-0.05, 0) is 20.3 Å². The molecule has 122 valence electrons. The number of anilines is 2. The molecular formula is C16H22N6O. The zero-order valence-corrected chi connectivity index (χ0v) is 13.9. The molecule has 3 rings (SSSR count). The van der Waals surface area contributed by atoms with E-state index in [1.54, 1.807) is 17.3 Å². The first-order chi connectivity index (χ1) is 11.0. The molecule has 0 saturated carbocycles. The summed E-state index contributed by atoms with van der Waals surface area (Å²) in [6, 6.07) is 0.0272. The molecule has 7 nitrogen and oxygen atoms in total. The van der Waals surface area contributed by atoms with Gasteiger partial charge in [-0.3, -0.25) is 14.4 Å². The Hall–Kier alpha value is -2.44. The van der Waals surface area contributed by atoms with Gasteiger partial charge in [0.05, 0.1) is 17.9 Å². The highest BCUT2D eigenvalue weighted by molar-refractivity contribution is 5.95. The van der Waals surface area contributed by atoms with Gasteiger partial charge in [-0.15, -0.1) is 0 Å². The van der Waals surface area contributed by atoms with Gasteiger partial charge in [-0.25, -0.2) is 9.97 Å². The van der Waals surface area contributed by atoms with Gasteiger partial charge in [-0.2, -0.15) is 5.10 Å². The van der Waals surface area contributed by atoms with Crippen molar-refractivity contribution in [2.75, 3.05) is 23.8 Å². The highest BCUT2D eigenvalue weighted by atomic mass is 16.2. The molecule has 1 unspecified atom stereocenters. The summed E-state index contributed by atoms with van der Waals surface area (Å²) >= 11 is 0. The Bertz CT molecular complexity index is 725. The molecule has 1 saturated heterocycles. The third-order valence-electron chi connectivity index (χ3n) is 4.46. The molecule has 1 amide bonds. The summed E-state index contributed by atoms with van der Waals surface area (Å²) in [5, 5.41) is 7.43. The van der Waals surface area contributed by atoms with Gasteiger partial charge in [0.2, 0.25) is 11.9 Å². The van der Waals surface area contributed by atoms with E-state index >= 15 is 0 Å². The van der Waals surface area contributed by atoms with Gasteiger partial charge < -0.3 is 5.32 Å². The lowest BCUT2D eigenvalue weighted by Crippen LogP contribution is -2.28. The topological polar surface area (TPSA) is 75.9 Å². The molecule has 7 heteroatoms. The summed E-state index contributed by atoms with van der Waals surface area (Å²) in [7, 11) is 1.86. The van der Waals surface area contributed by atoms with Crippen LogP contribution in [0.4, 0.5) is 11.6 Å². The summed E-state index contributed by atoms with van der Waals surface area (Å²) in [5.74, 6) is 0.668.